The van der Waals surface area contributed by atoms with Crippen molar-refractivity contribution in [1.82, 2.24) is 9.97 Å². The van der Waals surface area contributed by atoms with Gasteiger partial charge in [-0.25, -0.2) is 4.98 Å². The molecule has 0 fully saturated rings. The van der Waals surface area contributed by atoms with E-state index in [4.69, 9.17) is 11.6 Å². The third-order valence-corrected chi connectivity index (χ3v) is 3.55. The van der Waals surface area contributed by atoms with Crippen LogP contribution in [-0.2, 0) is 0 Å². The van der Waals surface area contributed by atoms with Crippen molar-refractivity contribution in [1.29, 1.82) is 0 Å². The molecule has 0 atom stereocenters. The Balaban J connectivity index is 2.23. The maximum absolute atomic E-state index is 9.90. The number of aromatic nitrogens is 2. The lowest BCUT2D eigenvalue weighted by Gasteiger charge is -2.01. The average molecular weight is 273 g/mol. The topological polar surface area (TPSA) is 48.9 Å². The van der Waals surface area contributed by atoms with Gasteiger partial charge in [0.1, 0.15) is 11.6 Å². The van der Waals surface area contributed by atoms with Gasteiger partial charge in [-0.3, -0.25) is 0 Å². The molecule has 0 saturated carbocycles. The van der Waals surface area contributed by atoms with Crippen LogP contribution in [0.3, 0.4) is 0 Å². The number of fused-ring (bicyclic) bond motifs is 1. The molecule has 3 aromatic rings. The summed E-state index contributed by atoms with van der Waals surface area (Å²) >= 11 is 5.96. The maximum Gasteiger partial charge on any atom is 0.142 e. The summed E-state index contributed by atoms with van der Waals surface area (Å²) in [7, 11) is 0. The van der Waals surface area contributed by atoms with Crippen molar-refractivity contribution in [2.24, 2.45) is 0 Å². The molecule has 2 N–H and O–H groups in total. The second kappa shape index (κ2) is 4.28. The molecule has 3 rings (SSSR count). The van der Waals surface area contributed by atoms with Gasteiger partial charge < -0.3 is 10.1 Å². The Labute approximate surface area is 115 Å². The highest BCUT2D eigenvalue weighted by molar-refractivity contribution is 6.30. The van der Waals surface area contributed by atoms with Crippen molar-refractivity contribution in [2.45, 2.75) is 13.8 Å². The van der Waals surface area contributed by atoms with Gasteiger partial charge in [0.15, 0.2) is 0 Å². The van der Waals surface area contributed by atoms with E-state index in [1.54, 1.807) is 18.2 Å². The predicted molar refractivity (Wildman–Crippen MR) is 77.7 cm³/mol. The van der Waals surface area contributed by atoms with Crippen molar-refractivity contribution in [3.05, 3.63) is 46.5 Å². The molecule has 1 heterocycles. The summed E-state index contributed by atoms with van der Waals surface area (Å²) < 4.78 is 0. The van der Waals surface area contributed by atoms with E-state index in [1.165, 1.54) is 11.1 Å². The van der Waals surface area contributed by atoms with E-state index in [1.807, 2.05) is 6.07 Å². The minimum absolute atomic E-state index is 0.164. The van der Waals surface area contributed by atoms with Gasteiger partial charge in [0.05, 0.1) is 16.6 Å². The number of halogens is 1. The number of hydrogen-bond acceptors (Lipinski definition) is 2. The molecule has 0 radical (unpaired) electrons. The second-order valence-electron chi connectivity index (χ2n) is 4.70. The minimum atomic E-state index is 0.164. The van der Waals surface area contributed by atoms with Crippen molar-refractivity contribution in [2.75, 3.05) is 0 Å². The average Bonchev–Trinajstić information content (AvgIpc) is 2.75. The van der Waals surface area contributed by atoms with Crippen LogP contribution in [0.1, 0.15) is 11.1 Å². The van der Waals surface area contributed by atoms with Gasteiger partial charge >= 0.3 is 0 Å². The Morgan fingerprint density at radius 3 is 2.63 bits per heavy atom. The first-order valence-corrected chi connectivity index (χ1v) is 6.38. The first-order chi connectivity index (χ1) is 9.04. The van der Waals surface area contributed by atoms with Crippen LogP contribution in [0.25, 0.3) is 22.4 Å². The Morgan fingerprint density at radius 1 is 1.11 bits per heavy atom. The van der Waals surface area contributed by atoms with Gasteiger partial charge in [-0.15, -0.1) is 0 Å². The maximum atomic E-state index is 9.90. The van der Waals surface area contributed by atoms with Crippen LogP contribution < -0.4 is 0 Å². The number of aromatic hydroxyl groups is 1. The summed E-state index contributed by atoms with van der Waals surface area (Å²) in [6, 6.07) is 9.02. The van der Waals surface area contributed by atoms with Crippen LogP contribution >= 0.6 is 11.6 Å². The standard InChI is InChI=1S/C15H13ClN2O/c1-8-5-12-13(6-9(8)2)18-15(17-12)11-7-10(16)3-4-14(11)19/h3-7,19H,1-2H3,(H,17,18). The summed E-state index contributed by atoms with van der Waals surface area (Å²) in [4.78, 5) is 7.73. The molecule has 0 amide bonds. The molecule has 3 nitrogen and oxygen atoms in total. The number of imidazole rings is 1. The van der Waals surface area contributed by atoms with E-state index in [9.17, 15) is 5.11 Å². The monoisotopic (exact) mass is 272 g/mol. The Kier molecular flexibility index (Phi) is 2.72. The van der Waals surface area contributed by atoms with E-state index in [0.29, 0.717) is 16.4 Å². The second-order valence-corrected chi connectivity index (χ2v) is 5.14. The number of benzene rings is 2. The summed E-state index contributed by atoms with van der Waals surface area (Å²) in [5, 5.41) is 10.5. The van der Waals surface area contributed by atoms with Gasteiger partial charge in [-0.2, -0.15) is 0 Å². The highest BCUT2D eigenvalue weighted by Crippen LogP contribution is 2.31. The Bertz CT molecular complexity index is 738. The lowest BCUT2D eigenvalue weighted by atomic mass is 10.1. The number of rotatable bonds is 1. The third kappa shape index (κ3) is 2.06. The lowest BCUT2D eigenvalue weighted by molar-refractivity contribution is 0.477. The third-order valence-electron chi connectivity index (χ3n) is 3.31. The zero-order chi connectivity index (χ0) is 13.6. The van der Waals surface area contributed by atoms with Gasteiger partial charge in [0, 0.05) is 5.02 Å². The zero-order valence-corrected chi connectivity index (χ0v) is 11.4. The first kappa shape index (κ1) is 12.1. The molecule has 0 aliphatic heterocycles. The summed E-state index contributed by atoms with van der Waals surface area (Å²) in [5.41, 5.74) is 4.85. The first-order valence-electron chi connectivity index (χ1n) is 6.00. The quantitative estimate of drug-likeness (QED) is 0.697. The molecule has 96 valence electrons. The van der Waals surface area contributed by atoms with Gasteiger partial charge in [0.2, 0.25) is 0 Å². The van der Waals surface area contributed by atoms with Crippen LogP contribution in [0.4, 0.5) is 0 Å². The summed E-state index contributed by atoms with van der Waals surface area (Å²) in [5.74, 6) is 0.789. The molecule has 0 bridgehead atoms. The fourth-order valence-electron chi connectivity index (χ4n) is 2.10. The number of phenolic OH excluding ortho intramolecular Hbond substituents is 1. The van der Waals surface area contributed by atoms with Crippen molar-refractivity contribution in [3.8, 4) is 17.1 Å². The fourth-order valence-corrected chi connectivity index (χ4v) is 2.27. The van der Waals surface area contributed by atoms with E-state index < -0.39 is 0 Å². The number of H-pyrrole nitrogens is 1. The molecular weight excluding hydrogens is 260 g/mol. The number of nitrogens with zero attached hydrogens (tertiary/aromatic N) is 1. The van der Waals surface area contributed by atoms with E-state index in [2.05, 4.69) is 29.9 Å². The van der Waals surface area contributed by atoms with Crippen molar-refractivity contribution in [3.63, 3.8) is 0 Å². The number of aromatic amines is 1. The van der Waals surface area contributed by atoms with Crippen molar-refractivity contribution < 1.29 is 5.11 Å². The van der Waals surface area contributed by atoms with E-state index >= 15 is 0 Å². The molecule has 0 spiro atoms. The fraction of sp³-hybridized carbons (Fsp3) is 0.133. The molecule has 19 heavy (non-hydrogen) atoms. The molecule has 1 aromatic heterocycles. The van der Waals surface area contributed by atoms with Crippen LogP contribution in [0.15, 0.2) is 30.3 Å². The molecule has 0 unspecified atom stereocenters. The van der Waals surface area contributed by atoms with Gasteiger partial charge in [-0.05, 0) is 55.3 Å². The van der Waals surface area contributed by atoms with Gasteiger partial charge in [-0.1, -0.05) is 11.6 Å². The molecule has 2 aromatic carbocycles. The molecule has 0 saturated heterocycles. The highest BCUT2D eigenvalue weighted by atomic mass is 35.5. The minimum Gasteiger partial charge on any atom is -0.507 e. The zero-order valence-electron chi connectivity index (χ0n) is 10.7. The predicted octanol–water partition coefficient (Wildman–Crippen LogP) is 4.21. The normalized spacial score (nSPS) is 11.1. The summed E-state index contributed by atoms with van der Waals surface area (Å²) in [6.45, 7) is 4.12. The molecular formula is C15H13ClN2O. The van der Waals surface area contributed by atoms with Crippen LogP contribution in [0.2, 0.25) is 5.02 Å². The number of nitrogens with one attached hydrogen (secondary N) is 1. The van der Waals surface area contributed by atoms with Gasteiger partial charge in [0.25, 0.3) is 0 Å². The smallest absolute Gasteiger partial charge is 0.142 e. The van der Waals surface area contributed by atoms with E-state index in [-0.39, 0.29) is 5.75 Å². The lowest BCUT2D eigenvalue weighted by Crippen LogP contribution is -1.81. The highest BCUT2D eigenvalue weighted by Gasteiger charge is 2.11. The number of aryl methyl sites for hydroxylation is 2. The molecule has 0 aliphatic rings. The Hall–Kier alpha value is -2.00. The van der Waals surface area contributed by atoms with Crippen LogP contribution in [0, 0.1) is 13.8 Å². The number of hydrogen-bond donors (Lipinski definition) is 2. The SMILES string of the molecule is Cc1cc2nc(-c3cc(Cl)ccc3O)[nH]c2cc1C. The largest absolute Gasteiger partial charge is 0.507 e. The summed E-state index contributed by atoms with van der Waals surface area (Å²) in [6.07, 6.45) is 0. The molecule has 0 aliphatic carbocycles. The van der Waals surface area contributed by atoms with Crippen molar-refractivity contribution >= 4 is 22.6 Å². The number of phenols is 1. The van der Waals surface area contributed by atoms with Crippen LogP contribution in [-0.4, -0.2) is 15.1 Å². The van der Waals surface area contributed by atoms with E-state index in [0.717, 1.165) is 11.0 Å². The molecule has 4 heteroatoms. The Morgan fingerprint density at radius 2 is 1.84 bits per heavy atom. The van der Waals surface area contributed by atoms with Crippen LogP contribution in [0.5, 0.6) is 5.75 Å².